The summed E-state index contributed by atoms with van der Waals surface area (Å²) in [5, 5.41) is 8.23. The second kappa shape index (κ2) is 9.54. The van der Waals surface area contributed by atoms with Gasteiger partial charge in [-0.25, -0.2) is 0 Å². The number of rotatable bonds is 6. The smallest absolute Gasteiger partial charge is 0.320 e. The molecular weight excluding hydrogens is 578 g/mol. The van der Waals surface area contributed by atoms with Crippen LogP contribution in [0.3, 0.4) is 0 Å². The summed E-state index contributed by atoms with van der Waals surface area (Å²) in [5.41, 5.74) is -3.29. The van der Waals surface area contributed by atoms with Gasteiger partial charge in [0.25, 0.3) is 16.0 Å². The number of hydrogen-bond acceptors (Lipinski definition) is 6. The van der Waals surface area contributed by atoms with Crippen molar-refractivity contribution in [1.29, 1.82) is 0 Å². The van der Waals surface area contributed by atoms with E-state index in [9.17, 15) is 39.6 Å². The van der Waals surface area contributed by atoms with E-state index in [1.807, 2.05) is 6.07 Å². The van der Waals surface area contributed by atoms with Gasteiger partial charge in [-0.05, 0) is 59.7 Å². The molecule has 220 valence electrons. The SMILES string of the molecule is CC1CC(c2cccc(N3Cc4c(cc(C(OS(C)(=O)=O)C(F)(F)F)cc4C(F)(F)F)C3=O)c2)(c2nncn2C)C1. The van der Waals surface area contributed by atoms with Gasteiger partial charge in [-0.1, -0.05) is 19.1 Å². The fourth-order valence-corrected chi connectivity index (χ4v) is 6.45. The molecule has 0 saturated heterocycles. The molecule has 1 amide bonds. The van der Waals surface area contributed by atoms with Crippen molar-refractivity contribution in [3.05, 3.63) is 76.4 Å². The third kappa shape index (κ3) is 5.20. The number of carbonyl (C=O) groups excluding carboxylic acids is 1. The van der Waals surface area contributed by atoms with Gasteiger partial charge < -0.3 is 9.47 Å². The van der Waals surface area contributed by atoms with Crippen LogP contribution in [0, 0.1) is 5.92 Å². The Morgan fingerprint density at radius 1 is 1.10 bits per heavy atom. The molecule has 1 unspecified atom stereocenters. The maximum absolute atomic E-state index is 14.1. The number of carbonyl (C=O) groups is 1. The minimum absolute atomic E-state index is 0.189. The number of amides is 1. The maximum atomic E-state index is 14.1. The van der Waals surface area contributed by atoms with Crippen molar-refractivity contribution in [1.82, 2.24) is 14.8 Å². The zero-order chi connectivity index (χ0) is 30.1. The molecule has 2 aliphatic rings. The van der Waals surface area contributed by atoms with Gasteiger partial charge in [-0.2, -0.15) is 34.8 Å². The Morgan fingerprint density at radius 3 is 2.32 bits per heavy atom. The van der Waals surface area contributed by atoms with Crippen LogP contribution >= 0.6 is 0 Å². The van der Waals surface area contributed by atoms with Gasteiger partial charge in [0.15, 0.2) is 6.10 Å². The predicted molar refractivity (Wildman–Crippen MR) is 133 cm³/mol. The van der Waals surface area contributed by atoms with Crippen molar-refractivity contribution in [3.63, 3.8) is 0 Å². The summed E-state index contributed by atoms with van der Waals surface area (Å²) >= 11 is 0. The molecule has 3 aromatic rings. The summed E-state index contributed by atoms with van der Waals surface area (Å²) in [6.07, 6.45) is -10.4. The van der Waals surface area contributed by atoms with Crippen molar-refractivity contribution in [2.45, 2.75) is 50.2 Å². The molecule has 1 aliphatic carbocycles. The van der Waals surface area contributed by atoms with E-state index < -0.39 is 68.7 Å². The molecule has 8 nitrogen and oxygen atoms in total. The number of anilines is 1. The molecule has 1 aliphatic heterocycles. The van der Waals surface area contributed by atoms with E-state index in [4.69, 9.17) is 0 Å². The van der Waals surface area contributed by atoms with Gasteiger partial charge in [0.05, 0.1) is 23.8 Å². The topological polar surface area (TPSA) is 94.4 Å². The molecule has 1 saturated carbocycles. The maximum Gasteiger partial charge on any atom is 0.420 e. The van der Waals surface area contributed by atoms with Gasteiger partial charge in [0.1, 0.15) is 12.2 Å². The number of aryl methyl sites for hydroxylation is 1. The molecule has 2 aromatic carbocycles. The third-order valence-electron chi connectivity index (χ3n) is 7.48. The van der Waals surface area contributed by atoms with Gasteiger partial charge in [-0.15, -0.1) is 10.2 Å². The van der Waals surface area contributed by atoms with Crippen molar-refractivity contribution in [2.24, 2.45) is 13.0 Å². The zero-order valence-electron chi connectivity index (χ0n) is 21.9. The monoisotopic (exact) mass is 602 g/mol. The molecule has 2 heterocycles. The van der Waals surface area contributed by atoms with E-state index in [-0.39, 0.29) is 11.8 Å². The van der Waals surface area contributed by atoms with Crippen LogP contribution in [0.1, 0.15) is 64.3 Å². The van der Waals surface area contributed by atoms with Crippen LogP contribution in [0.2, 0.25) is 0 Å². The fraction of sp³-hybridized carbons (Fsp3) is 0.423. The molecule has 0 bridgehead atoms. The summed E-state index contributed by atoms with van der Waals surface area (Å²) in [6.45, 7) is 1.51. The van der Waals surface area contributed by atoms with Crippen molar-refractivity contribution >= 4 is 21.7 Å². The second-order valence-electron chi connectivity index (χ2n) is 10.6. The molecule has 0 spiro atoms. The van der Waals surface area contributed by atoms with E-state index in [0.29, 0.717) is 24.1 Å². The summed E-state index contributed by atoms with van der Waals surface area (Å²) in [5.74, 6) is 0.0906. The lowest BCUT2D eigenvalue weighted by Crippen LogP contribution is -2.43. The summed E-state index contributed by atoms with van der Waals surface area (Å²) in [4.78, 5) is 14.5. The van der Waals surface area contributed by atoms with Gasteiger partial charge in [-0.3, -0.25) is 8.98 Å². The largest absolute Gasteiger partial charge is 0.420 e. The van der Waals surface area contributed by atoms with Crippen LogP contribution in [-0.4, -0.2) is 41.5 Å². The highest BCUT2D eigenvalue weighted by molar-refractivity contribution is 7.86. The molecule has 1 atom stereocenters. The van der Waals surface area contributed by atoms with Crippen molar-refractivity contribution in [3.8, 4) is 0 Å². The third-order valence-corrected chi connectivity index (χ3v) is 8.03. The molecular formula is C26H24F6N4O4S. The number of fused-ring (bicyclic) bond motifs is 1. The van der Waals surface area contributed by atoms with E-state index in [2.05, 4.69) is 21.3 Å². The lowest BCUT2D eigenvalue weighted by molar-refractivity contribution is -0.197. The molecule has 41 heavy (non-hydrogen) atoms. The summed E-state index contributed by atoms with van der Waals surface area (Å²) < 4.78 is 112. The Hall–Kier alpha value is -3.46. The van der Waals surface area contributed by atoms with Gasteiger partial charge in [0.2, 0.25) is 0 Å². The minimum Gasteiger partial charge on any atom is -0.320 e. The first-order valence-corrected chi connectivity index (χ1v) is 14.2. The highest BCUT2D eigenvalue weighted by Crippen LogP contribution is 2.52. The number of aromatic nitrogens is 3. The zero-order valence-corrected chi connectivity index (χ0v) is 22.7. The Bertz CT molecular complexity index is 1630. The highest BCUT2D eigenvalue weighted by Gasteiger charge is 2.50. The lowest BCUT2D eigenvalue weighted by Gasteiger charge is -2.46. The minimum atomic E-state index is -5.39. The number of benzene rings is 2. The number of hydrogen-bond donors (Lipinski definition) is 0. The number of alkyl halides is 6. The normalized spacial score (nSPS) is 22.0. The molecule has 1 fully saturated rings. The molecule has 15 heteroatoms. The van der Waals surface area contributed by atoms with Crippen LogP contribution < -0.4 is 4.90 Å². The van der Waals surface area contributed by atoms with E-state index >= 15 is 0 Å². The fourth-order valence-electron chi connectivity index (χ4n) is 5.88. The first-order chi connectivity index (χ1) is 18.9. The summed E-state index contributed by atoms with van der Waals surface area (Å²) in [6, 6.07) is 7.48. The number of nitrogens with zero attached hydrogens (tertiary/aromatic N) is 4. The van der Waals surface area contributed by atoms with Crippen molar-refractivity contribution in [2.75, 3.05) is 11.2 Å². The lowest BCUT2D eigenvalue weighted by atomic mass is 9.58. The predicted octanol–water partition coefficient (Wildman–Crippen LogP) is 5.29. The summed E-state index contributed by atoms with van der Waals surface area (Å²) in [7, 11) is -2.94. The van der Waals surface area contributed by atoms with Crippen LogP contribution in [-0.2, 0) is 39.5 Å². The van der Waals surface area contributed by atoms with Gasteiger partial charge in [0, 0.05) is 18.3 Å². The molecule has 1 aromatic heterocycles. The van der Waals surface area contributed by atoms with Crippen molar-refractivity contribution < 1.29 is 43.7 Å². The second-order valence-corrected chi connectivity index (χ2v) is 12.2. The first-order valence-electron chi connectivity index (χ1n) is 12.4. The average Bonchev–Trinajstić information content (AvgIpc) is 3.41. The van der Waals surface area contributed by atoms with Crippen LogP contribution in [0.15, 0.2) is 42.7 Å². The highest BCUT2D eigenvalue weighted by atomic mass is 32.2. The van der Waals surface area contributed by atoms with Crippen LogP contribution in [0.25, 0.3) is 0 Å². The van der Waals surface area contributed by atoms with Gasteiger partial charge >= 0.3 is 12.4 Å². The van der Waals surface area contributed by atoms with E-state index in [0.717, 1.165) is 23.3 Å². The standard InChI is InChI=1S/C26H24F6N4O4S/c1-14-10-24(11-14,23-34-33-13-35(23)2)16-5-4-6-17(9-16)36-12-19-18(22(36)37)7-15(8-20(19)25(27,28)29)21(26(30,31)32)40-41(3,38)39/h4-9,13-14,21H,10-12H2,1-3H3. The molecule has 0 N–H and O–H groups in total. The Kier molecular flexibility index (Phi) is 6.76. The molecule has 0 radical (unpaired) electrons. The van der Waals surface area contributed by atoms with Crippen LogP contribution in [0.5, 0.6) is 0 Å². The van der Waals surface area contributed by atoms with Crippen LogP contribution in [0.4, 0.5) is 32.0 Å². The Labute approximate surface area is 231 Å². The quantitative estimate of drug-likeness (QED) is 0.281. The first kappa shape index (κ1) is 29.0. The molecule has 5 rings (SSSR count). The Morgan fingerprint density at radius 2 is 1.78 bits per heavy atom. The van der Waals surface area contributed by atoms with E-state index in [1.165, 1.54) is 6.07 Å². The average molecular weight is 603 g/mol. The van der Waals surface area contributed by atoms with E-state index in [1.54, 1.807) is 30.1 Å². The number of halogens is 6. The Balaban J connectivity index is 1.59.